The fourth-order valence-electron chi connectivity index (χ4n) is 2.98. The maximum atomic E-state index is 6.10. The summed E-state index contributed by atoms with van der Waals surface area (Å²) < 4.78 is 6.10. The highest BCUT2D eigenvalue weighted by molar-refractivity contribution is 4.78. The molecule has 0 saturated carbocycles. The van der Waals surface area contributed by atoms with Crippen LogP contribution >= 0.6 is 0 Å². The minimum atomic E-state index is 0.465. The summed E-state index contributed by atoms with van der Waals surface area (Å²) >= 11 is 0. The predicted molar refractivity (Wildman–Crippen MR) is 71.3 cm³/mol. The molecule has 0 amide bonds. The number of likely N-dealkylation sites (N-methyl/N-ethyl adjacent to an activating group) is 1. The van der Waals surface area contributed by atoms with E-state index >= 15 is 0 Å². The van der Waals surface area contributed by atoms with Crippen molar-refractivity contribution in [1.82, 2.24) is 10.2 Å². The standard InChI is InChI=1S/C14H28N2O/c1-2-15-11-13-7-8-14(17-13)12-16-9-5-3-4-6-10-16/h13-15H,2-12H2,1H3. The van der Waals surface area contributed by atoms with Gasteiger partial charge in [-0.3, -0.25) is 0 Å². The lowest BCUT2D eigenvalue weighted by Gasteiger charge is -2.23. The summed E-state index contributed by atoms with van der Waals surface area (Å²) in [7, 11) is 0. The summed E-state index contributed by atoms with van der Waals surface area (Å²) in [6.07, 6.45) is 9.07. The Morgan fingerprint density at radius 1 is 1.06 bits per heavy atom. The fraction of sp³-hybridized carbons (Fsp3) is 1.00. The van der Waals surface area contributed by atoms with Gasteiger partial charge in [-0.1, -0.05) is 19.8 Å². The lowest BCUT2D eigenvalue weighted by atomic mass is 10.2. The number of nitrogens with zero attached hydrogens (tertiary/aromatic N) is 1. The number of hydrogen-bond donors (Lipinski definition) is 1. The van der Waals surface area contributed by atoms with Crippen molar-refractivity contribution in [3.63, 3.8) is 0 Å². The van der Waals surface area contributed by atoms with Crippen molar-refractivity contribution in [3.8, 4) is 0 Å². The van der Waals surface area contributed by atoms with Gasteiger partial charge in [0.15, 0.2) is 0 Å². The van der Waals surface area contributed by atoms with Gasteiger partial charge in [0.25, 0.3) is 0 Å². The molecule has 0 spiro atoms. The first-order valence-corrected chi connectivity index (χ1v) is 7.47. The van der Waals surface area contributed by atoms with Gasteiger partial charge in [0.1, 0.15) is 0 Å². The van der Waals surface area contributed by atoms with Crippen LogP contribution in [0.1, 0.15) is 45.4 Å². The molecule has 0 bridgehead atoms. The highest BCUT2D eigenvalue weighted by Gasteiger charge is 2.26. The maximum Gasteiger partial charge on any atom is 0.0707 e. The minimum absolute atomic E-state index is 0.465. The lowest BCUT2D eigenvalue weighted by molar-refractivity contribution is 0.0242. The van der Waals surface area contributed by atoms with E-state index in [1.54, 1.807) is 0 Å². The topological polar surface area (TPSA) is 24.5 Å². The summed E-state index contributed by atoms with van der Waals surface area (Å²) in [6.45, 7) is 7.99. The molecule has 17 heavy (non-hydrogen) atoms. The number of hydrogen-bond acceptors (Lipinski definition) is 3. The van der Waals surface area contributed by atoms with E-state index in [0.29, 0.717) is 12.2 Å². The molecule has 2 heterocycles. The first kappa shape index (κ1) is 13.3. The number of nitrogens with one attached hydrogen (secondary N) is 1. The van der Waals surface area contributed by atoms with E-state index in [2.05, 4.69) is 17.1 Å². The predicted octanol–water partition coefficient (Wildman–Crippen LogP) is 2.02. The van der Waals surface area contributed by atoms with Gasteiger partial charge >= 0.3 is 0 Å². The van der Waals surface area contributed by atoms with Crippen molar-refractivity contribution in [2.24, 2.45) is 0 Å². The van der Waals surface area contributed by atoms with Gasteiger partial charge in [0.05, 0.1) is 12.2 Å². The molecule has 2 rings (SSSR count). The first-order valence-electron chi connectivity index (χ1n) is 7.47. The van der Waals surface area contributed by atoms with E-state index in [0.717, 1.165) is 13.1 Å². The SMILES string of the molecule is CCNCC1CCC(CN2CCCCCC2)O1. The second kappa shape index (κ2) is 7.34. The fourth-order valence-corrected chi connectivity index (χ4v) is 2.98. The molecule has 0 aromatic heterocycles. The van der Waals surface area contributed by atoms with Crippen LogP contribution in [0.2, 0.25) is 0 Å². The van der Waals surface area contributed by atoms with Crippen LogP contribution in [0.5, 0.6) is 0 Å². The minimum Gasteiger partial charge on any atom is -0.372 e. The average Bonchev–Trinajstić information content (AvgIpc) is 2.61. The zero-order valence-corrected chi connectivity index (χ0v) is 11.3. The molecular formula is C14H28N2O. The summed E-state index contributed by atoms with van der Waals surface area (Å²) in [5.41, 5.74) is 0. The number of rotatable bonds is 5. The van der Waals surface area contributed by atoms with E-state index in [-0.39, 0.29) is 0 Å². The third kappa shape index (κ3) is 4.57. The van der Waals surface area contributed by atoms with Crippen molar-refractivity contribution >= 4 is 0 Å². The quantitative estimate of drug-likeness (QED) is 0.795. The Kier molecular flexibility index (Phi) is 5.75. The Morgan fingerprint density at radius 3 is 2.47 bits per heavy atom. The normalized spacial score (nSPS) is 31.6. The molecule has 0 aromatic rings. The van der Waals surface area contributed by atoms with Gasteiger partial charge in [-0.05, 0) is 45.3 Å². The lowest BCUT2D eigenvalue weighted by Crippen LogP contribution is -2.34. The van der Waals surface area contributed by atoms with Gasteiger partial charge in [-0.25, -0.2) is 0 Å². The van der Waals surface area contributed by atoms with Crippen LogP contribution in [0.4, 0.5) is 0 Å². The van der Waals surface area contributed by atoms with Gasteiger partial charge in [-0.2, -0.15) is 0 Å². The molecule has 2 saturated heterocycles. The van der Waals surface area contributed by atoms with Crippen LogP contribution in [0.15, 0.2) is 0 Å². The number of likely N-dealkylation sites (tertiary alicyclic amines) is 1. The summed E-state index contributed by atoms with van der Waals surface area (Å²) in [6, 6.07) is 0. The zero-order chi connectivity index (χ0) is 11.9. The van der Waals surface area contributed by atoms with E-state index < -0.39 is 0 Å². The molecule has 3 heteroatoms. The van der Waals surface area contributed by atoms with Crippen LogP contribution in [-0.2, 0) is 4.74 Å². The van der Waals surface area contributed by atoms with Gasteiger partial charge in [0.2, 0.25) is 0 Å². The highest BCUT2D eigenvalue weighted by Crippen LogP contribution is 2.21. The second-order valence-electron chi connectivity index (χ2n) is 5.48. The molecule has 2 unspecified atom stereocenters. The van der Waals surface area contributed by atoms with Crippen LogP contribution in [-0.4, -0.2) is 49.8 Å². The van der Waals surface area contributed by atoms with Crippen molar-refractivity contribution in [3.05, 3.63) is 0 Å². The third-order valence-corrected chi connectivity index (χ3v) is 3.98. The van der Waals surface area contributed by atoms with Crippen LogP contribution in [0, 0.1) is 0 Å². The van der Waals surface area contributed by atoms with Crippen LogP contribution < -0.4 is 5.32 Å². The van der Waals surface area contributed by atoms with Crippen molar-refractivity contribution in [2.45, 2.75) is 57.7 Å². The zero-order valence-electron chi connectivity index (χ0n) is 11.3. The average molecular weight is 240 g/mol. The molecule has 1 N–H and O–H groups in total. The summed E-state index contributed by atoms with van der Waals surface area (Å²) in [5, 5.41) is 3.39. The monoisotopic (exact) mass is 240 g/mol. The van der Waals surface area contributed by atoms with Gasteiger partial charge in [-0.15, -0.1) is 0 Å². The molecule has 2 aliphatic heterocycles. The van der Waals surface area contributed by atoms with E-state index in [9.17, 15) is 0 Å². The Labute approximate surface area is 106 Å². The molecule has 2 atom stereocenters. The Morgan fingerprint density at radius 2 is 1.76 bits per heavy atom. The highest BCUT2D eigenvalue weighted by atomic mass is 16.5. The summed E-state index contributed by atoms with van der Waals surface area (Å²) in [4.78, 5) is 2.62. The van der Waals surface area contributed by atoms with Crippen molar-refractivity contribution in [1.29, 1.82) is 0 Å². The Bertz CT molecular complexity index is 202. The van der Waals surface area contributed by atoms with Crippen molar-refractivity contribution in [2.75, 3.05) is 32.7 Å². The summed E-state index contributed by atoms with van der Waals surface area (Å²) in [5.74, 6) is 0. The van der Waals surface area contributed by atoms with Crippen LogP contribution in [0.3, 0.4) is 0 Å². The Balaban J connectivity index is 1.65. The largest absolute Gasteiger partial charge is 0.372 e. The van der Waals surface area contributed by atoms with Crippen LogP contribution in [0.25, 0.3) is 0 Å². The second-order valence-corrected chi connectivity index (χ2v) is 5.48. The molecule has 0 aliphatic carbocycles. The number of ether oxygens (including phenoxy) is 1. The Hall–Kier alpha value is -0.120. The molecule has 100 valence electrons. The molecule has 2 aliphatic rings. The molecular weight excluding hydrogens is 212 g/mol. The van der Waals surface area contributed by atoms with Gasteiger partial charge in [0, 0.05) is 13.1 Å². The molecule has 0 radical (unpaired) electrons. The smallest absolute Gasteiger partial charge is 0.0707 e. The third-order valence-electron chi connectivity index (χ3n) is 3.98. The molecule has 2 fully saturated rings. The van der Waals surface area contributed by atoms with Gasteiger partial charge < -0.3 is 15.0 Å². The molecule has 0 aromatic carbocycles. The van der Waals surface area contributed by atoms with E-state index in [1.807, 2.05) is 0 Å². The van der Waals surface area contributed by atoms with E-state index in [1.165, 1.54) is 58.2 Å². The molecule has 3 nitrogen and oxygen atoms in total. The first-order chi connectivity index (χ1) is 8.38. The van der Waals surface area contributed by atoms with Crippen molar-refractivity contribution < 1.29 is 4.74 Å². The maximum absolute atomic E-state index is 6.10. The van der Waals surface area contributed by atoms with E-state index in [4.69, 9.17) is 4.74 Å².